The zero-order valence-corrected chi connectivity index (χ0v) is 10.7. The molecule has 1 fully saturated rings. The van der Waals surface area contributed by atoms with Gasteiger partial charge in [0.15, 0.2) is 0 Å². The van der Waals surface area contributed by atoms with Crippen LogP contribution in [-0.4, -0.2) is 28.4 Å². The van der Waals surface area contributed by atoms with Gasteiger partial charge < -0.3 is 10.0 Å². The number of likely N-dealkylation sites (tertiary alicyclic amines) is 1. The number of carboxylic acid groups (broad SMARTS) is 1. The Kier molecular flexibility index (Phi) is 3.83. The second-order valence-corrected chi connectivity index (χ2v) is 4.82. The third kappa shape index (κ3) is 2.75. The number of rotatable bonds is 3. The van der Waals surface area contributed by atoms with Crippen molar-refractivity contribution in [1.29, 1.82) is 0 Å². The Hall–Kier alpha value is -1.91. The summed E-state index contributed by atoms with van der Waals surface area (Å²) in [6, 6.07) is 5.81. The van der Waals surface area contributed by atoms with E-state index in [0.717, 1.165) is 0 Å². The summed E-state index contributed by atoms with van der Waals surface area (Å²) in [5, 5.41) is 9.04. The maximum Gasteiger partial charge on any atom is 0.308 e. The van der Waals surface area contributed by atoms with E-state index in [0.29, 0.717) is 12.0 Å². The normalized spacial score (nSPS) is 21.3. The number of amides is 1. The molecule has 0 bridgehead atoms. The van der Waals surface area contributed by atoms with Crippen LogP contribution in [0.15, 0.2) is 24.3 Å². The van der Waals surface area contributed by atoms with E-state index in [2.05, 4.69) is 0 Å². The maximum absolute atomic E-state index is 13.7. The number of benzene rings is 1. The summed E-state index contributed by atoms with van der Waals surface area (Å²) in [6.07, 6.45) is 0.560. The minimum absolute atomic E-state index is 0.117. The lowest BCUT2D eigenvalue weighted by atomic mass is 9.95. The maximum atomic E-state index is 13.7. The molecule has 1 heterocycles. The molecule has 19 heavy (non-hydrogen) atoms. The second-order valence-electron chi connectivity index (χ2n) is 4.82. The Morgan fingerprint density at radius 2 is 2.16 bits per heavy atom. The molecule has 1 aromatic carbocycles. The van der Waals surface area contributed by atoms with Gasteiger partial charge in [-0.1, -0.05) is 18.2 Å². The summed E-state index contributed by atoms with van der Waals surface area (Å²) < 4.78 is 13.7. The van der Waals surface area contributed by atoms with Crippen LogP contribution in [0.2, 0.25) is 0 Å². The first-order valence-corrected chi connectivity index (χ1v) is 6.27. The Bertz CT molecular complexity index is 503. The highest BCUT2D eigenvalue weighted by molar-refractivity contribution is 5.80. The fourth-order valence-corrected chi connectivity index (χ4v) is 2.43. The van der Waals surface area contributed by atoms with Gasteiger partial charge in [0.2, 0.25) is 5.91 Å². The Balaban J connectivity index is 2.21. The number of piperidine rings is 1. The van der Waals surface area contributed by atoms with Crippen molar-refractivity contribution >= 4 is 11.9 Å². The molecule has 2 atom stereocenters. The lowest BCUT2D eigenvalue weighted by molar-refractivity contribution is -0.148. The third-order valence-corrected chi connectivity index (χ3v) is 3.62. The van der Waals surface area contributed by atoms with Gasteiger partial charge in [0.05, 0.1) is 12.0 Å². The van der Waals surface area contributed by atoms with Crippen molar-refractivity contribution in [2.45, 2.75) is 25.8 Å². The molecule has 1 aliphatic rings. The molecule has 0 aromatic heterocycles. The third-order valence-electron chi connectivity index (χ3n) is 3.62. The van der Waals surface area contributed by atoms with Gasteiger partial charge in [0.1, 0.15) is 5.82 Å². The number of carboxylic acids is 1. The molecule has 1 aliphatic heterocycles. The summed E-state index contributed by atoms with van der Waals surface area (Å²) in [6.45, 7) is 1.87. The molecule has 1 amide bonds. The van der Waals surface area contributed by atoms with E-state index in [1.807, 2.05) is 0 Å². The quantitative estimate of drug-likeness (QED) is 0.911. The first-order chi connectivity index (χ1) is 9.00. The first-order valence-electron chi connectivity index (χ1n) is 6.27. The minimum Gasteiger partial charge on any atom is -0.481 e. The Morgan fingerprint density at radius 3 is 2.79 bits per heavy atom. The molecule has 0 saturated carbocycles. The molecule has 1 N–H and O–H groups in total. The fraction of sp³-hybridized carbons (Fsp3) is 0.429. The van der Waals surface area contributed by atoms with Gasteiger partial charge in [0.25, 0.3) is 0 Å². The Labute approximate surface area is 110 Å². The van der Waals surface area contributed by atoms with Crippen LogP contribution in [0.5, 0.6) is 0 Å². The van der Waals surface area contributed by atoms with E-state index in [4.69, 9.17) is 5.11 Å². The zero-order chi connectivity index (χ0) is 14.0. The predicted molar refractivity (Wildman–Crippen MR) is 66.9 cm³/mol. The SMILES string of the molecule is CC(c1ccccc1F)N1CC(C(=O)O)CCC1=O. The number of nitrogens with zero attached hydrogens (tertiary/aromatic N) is 1. The minimum atomic E-state index is -0.904. The highest BCUT2D eigenvalue weighted by atomic mass is 19.1. The molecule has 4 nitrogen and oxygen atoms in total. The van der Waals surface area contributed by atoms with Crippen molar-refractivity contribution in [2.75, 3.05) is 6.54 Å². The number of carbonyl (C=O) groups excluding carboxylic acids is 1. The van der Waals surface area contributed by atoms with Gasteiger partial charge in [-0.15, -0.1) is 0 Å². The van der Waals surface area contributed by atoms with Crippen LogP contribution in [-0.2, 0) is 9.59 Å². The van der Waals surface area contributed by atoms with Gasteiger partial charge in [0, 0.05) is 18.5 Å². The molecule has 0 aliphatic carbocycles. The summed E-state index contributed by atoms with van der Waals surface area (Å²) in [4.78, 5) is 24.4. The van der Waals surface area contributed by atoms with Crippen LogP contribution in [0.1, 0.15) is 31.4 Å². The van der Waals surface area contributed by atoms with Gasteiger partial charge >= 0.3 is 5.97 Å². The van der Waals surface area contributed by atoms with Crippen LogP contribution >= 0.6 is 0 Å². The highest BCUT2D eigenvalue weighted by Gasteiger charge is 2.33. The molecule has 102 valence electrons. The van der Waals surface area contributed by atoms with Crippen LogP contribution in [0.4, 0.5) is 4.39 Å². The number of hydrogen-bond donors (Lipinski definition) is 1. The molecular formula is C14H16FNO3. The summed E-state index contributed by atoms with van der Waals surface area (Å²) >= 11 is 0. The monoisotopic (exact) mass is 265 g/mol. The van der Waals surface area contributed by atoms with Gasteiger partial charge in [-0.25, -0.2) is 4.39 Å². The van der Waals surface area contributed by atoms with Crippen molar-refractivity contribution in [3.05, 3.63) is 35.6 Å². The van der Waals surface area contributed by atoms with E-state index in [-0.39, 0.29) is 24.7 Å². The number of hydrogen-bond acceptors (Lipinski definition) is 2. The molecule has 1 aromatic rings. The van der Waals surface area contributed by atoms with Crippen LogP contribution in [0, 0.1) is 11.7 Å². The zero-order valence-electron chi connectivity index (χ0n) is 10.7. The van der Waals surface area contributed by atoms with Crippen LogP contribution < -0.4 is 0 Å². The number of halogens is 1. The fourth-order valence-electron chi connectivity index (χ4n) is 2.43. The van der Waals surface area contributed by atoms with Crippen LogP contribution in [0.3, 0.4) is 0 Å². The molecule has 0 spiro atoms. The average molecular weight is 265 g/mol. The van der Waals surface area contributed by atoms with Crippen molar-refractivity contribution in [1.82, 2.24) is 4.90 Å². The van der Waals surface area contributed by atoms with E-state index in [1.54, 1.807) is 25.1 Å². The largest absolute Gasteiger partial charge is 0.481 e. The lowest BCUT2D eigenvalue weighted by Crippen LogP contribution is -2.43. The van der Waals surface area contributed by atoms with Gasteiger partial charge in [-0.2, -0.15) is 0 Å². The van der Waals surface area contributed by atoms with Crippen molar-refractivity contribution < 1.29 is 19.1 Å². The molecule has 5 heteroatoms. The van der Waals surface area contributed by atoms with E-state index in [1.165, 1.54) is 11.0 Å². The van der Waals surface area contributed by atoms with Crippen molar-refractivity contribution in [3.8, 4) is 0 Å². The Morgan fingerprint density at radius 1 is 1.47 bits per heavy atom. The van der Waals surface area contributed by atoms with Gasteiger partial charge in [-0.3, -0.25) is 9.59 Å². The first kappa shape index (κ1) is 13.5. The second kappa shape index (κ2) is 5.38. The van der Waals surface area contributed by atoms with Gasteiger partial charge in [-0.05, 0) is 19.4 Å². The highest BCUT2D eigenvalue weighted by Crippen LogP contribution is 2.28. The van der Waals surface area contributed by atoms with E-state index in [9.17, 15) is 14.0 Å². The number of carbonyl (C=O) groups is 2. The lowest BCUT2D eigenvalue weighted by Gasteiger charge is -2.35. The average Bonchev–Trinajstić information content (AvgIpc) is 2.38. The smallest absolute Gasteiger partial charge is 0.308 e. The standard InChI is InChI=1S/C14H16FNO3/c1-9(11-4-2-3-5-12(11)15)16-8-10(14(18)19)6-7-13(16)17/h2-5,9-10H,6-8H2,1H3,(H,18,19). The van der Waals surface area contributed by atoms with E-state index < -0.39 is 17.9 Å². The van der Waals surface area contributed by atoms with Crippen molar-refractivity contribution in [2.24, 2.45) is 5.92 Å². The molecule has 2 rings (SSSR count). The van der Waals surface area contributed by atoms with Crippen LogP contribution in [0.25, 0.3) is 0 Å². The number of aliphatic carboxylic acids is 1. The van der Waals surface area contributed by atoms with E-state index >= 15 is 0 Å². The molecule has 2 unspecified atom stereocenters. The topological polar surface area (TPSA) is 57.6 Å². The van der Waals surface area contributed by atoms with Crippen molar-refractivity contribution in [3.63, 3.8) is 0 Å². The summed E-state index contributed by atoms with van der Waals surface area (Å²) in [7, 11) is 0. The summed E-state index contributed by atoms with van der Waals surface area (Å²) in [5.41, 5.74) is 0.418. The predicted octanol–water partition coefficient (Wildman–Crippen LogP) is 2.21. The molecule has 0 radical (unpaired) electrons. The summed E-state index contributed by atoms with van der Waals surface area (Å²) in [5.74, 6) is -1.96. The molecule has 1 saturated heterocycles. The molecular weight excluding hydrogens is 249 g/mol.